The molecule has 0 saturated heterocycles. The fourth-order valence-corrected chi connectivity index (χ4v) is 4.38. The highest BCUT2D eigenvalue weighted by molar-refractivity contribution is 5.86. The van der Waals surface area contributed by atoms with Crippen LogP contribution in [0.1, 0.15) is 77.0 Å². The van der Waals surface area contributed by atoms with Crippen molar-refractivity contribution in [2.75, 3.05) is 6.61 Å². The summed E-state index contributed by atoms with van der Waals surface area (Å²) in [5.74, 6) is 0.0587. The van der Waals surface area contributed by atoms with Crippen molar-refractivity contribution < 1.29 is 19.7 Å². The molecule has 0 heterocycles. The minimum Gasteiger partial charge on any atom is -0.507 e. The first-order valence-corrected chi connectivity index (χ1v) is 11.1. The van der Waals surface area contributed by atoms with Crippen LogP contribution in [-0.2, 0) is 15.6 Å². The molecule has 0 aliphatic heterocycles. The molecule has 0 saturated carbocycles. The minimum absolute atomic E-state index is 0.000168. The summed E-state index contributed by atoms with van der Waals surface area (Å²) in [4.78, 5) is 10.9. The largest absolute Gasteiger partial charge is 0.507 e. The topological polar surface area (TPSA) is 66.8 Å². The quantitative estimate of drug-likeness (QED) is 0.385. The Labute approximate surface area is 185 Å². The first-order chi connectivity index (χ1) is 14.5. The first-order valence-electron chi connectivity index (χ1n) is 11.1. The van der Waals surface area contributed by atoms with E-state index in [9.17, 15) is 9.90 Å². The molecule has 0 unspecified atom stereocenters. The second kappa shape index (κ2) is 8.78. The van der Waals surface area contributed by atoms with Gasteiger partial charge in [-0.25, -0.2) is 4.79 Å². The average molecular weight is 423 g/mol. The fraction of sp³-hybridized carbons (Fsp3) is 0.444. The molecule has 0 radical (unpaired) electrons. The van der Waals surface area contributed by atoms with E-state index < -0.39 is 5.97 Å². The average Bonchev–Trinajstić information content (AvgIpc) is 2.70. The van der Waals surface area contributed by atoms with Crippen LogP contribution >= 0.6 is 0 Å². The van der Waals surface area contributed by atoms with E-state index >= 15 is 0 Å². The third-order valence-corrected chi connectivity index (χ3v) is 6.39. The summed E-state index contributed by atoms with van der Waals surface area (Å²) < 4.78 is 6.31. The van der Waals surface area contributed by atoms with Crippen LogP contribution in [0.5, 0.6) is 11.5 Å². The lowest BCUT2D eigenvalue weighted by molar-refractivity contribution is -0.131. The van der Waals surface area contributed by atoms with Gasteiger partial charge in [0.15, 0.2) is 0 Å². The summed E-state index contributed by atoms with van der Waals surface area (Å²) in [5, 5.41) is 19.6. The molecular weight excluding hydrogens is 388 g/mol. The lowest BCUT2D eigenvalue weighted by Gasteiger charge is -2.43. The Morgan fingerprint density at radius 2 is 1.81 bits per heavy atom. The number of hydrogen-bond acceptors (Lipinski definition) is 3. The van der Waals surface area contributed by atoms with E-state index in [0.717, 1.165) is 48.6 Å². The van der Waals surface area contributed by atoms with Gasteiger partial charge in [-0.1, -0.05) is 47.1 Å². The normalized spacial score (nSPS) is 16.8. The van der Waals surface area contributed by atoms with Crippen LogP contribution < -0.4 is 4.74 Å². The molecule has 3 rings (SSSR count). The summed E-state index contributed by atoms with van der Waals surface area (Å²) in [7, 11) is 0. The molecule has 4 nitrogen and oxygen atoms in total. The number of unbranched alkanes of at least 4 members (excludes halogenated alkanes) is 1. The van der Waals surface area contributed by atoms with E-state index in [1.807, 2.05) is 12.1 Å². The van der Waals surface area contributed by atoms with Gasteiger partial charge in [-0.3, -0.25) is 0 Å². The van der Waals surface area contributed by atoms with Crippen LogP contribution in [0, 0.1) is 0 Å². The maximum absolute atomic E-state index is 10.9. The van der Waals surface area contributed by atoms with Gasteiger partial charge in [0.2, 0.25) is 0 Å². The molecule has 166 valence electrons. The zero-order valence-corrected chi connectivity index (χ0v) is 19.3. The van der Waals surface area contributed by atoms with Crippen LogP contribution in [0.4, 0.5) is 0 Å². The fourth-order valence-electron chi connectivity index (χ4n) is 4.38. The number of benzene rings is 2. The van der Waals surface area contributed by atoms with E-state index in [2.05, 4.69) is 40.7 Å². The number of aromatic hydroxyl groups is 1. The van der Waals surface area contributed by atoms with Crippen LogP contribution in [0.3, 0.4) is 0 Å². The van der Waals surface area contributed by atoms with Gasteiger partial charge in [-0.2, -0.15) is 0 Å². The van der Waals surface area contributed by atoms with Gasteiger partial charge < -0.3 is 14.9 Å². The zero-order chi connectivity index (χ0) is 22.8. The molecule has 0 bridgehead atoms. The van der Waals surface area contributed by atoms with Crippen LogP contribution in [0.2, 0.25) is 0 Å². The zero-order valence-electron chi connectivity index (χ0n) is 19.3. The predicted molar refractivity (Wildman–Crippen MR) is 126 cm³/mol. The van der Waals surface area contributed by atoms with Gasteiger partial charge in [0, 0.05) is 17.2 Å². The molecule has 0 aromatic heterocycles. The number of aliphatic carboxylic acids is 1. The number of hydrogen-bond donors (Lipinski definition) is 2. The van der Waals surface area contributed by atoms with Crippen molar-refractivity contribution in [1.29, 1.82) is 0 Å². The van der Waals surface area contributed by atoms with Crippen molar-refractivity contribution in [3.05, 3.63) is 53.1 Å². The number of ether oxygens (including phenoxy) is 1. The number of carboxylic acid groups (broad SMARTS) is 1. The van der Waals surface area contributed by atoms with Gasteiger partial charge in [-0.05, 0) is 77.1 Å². The number of rotatable bonds is 7. The molecule has 2 aromatic carbocycles. The van der Waals surface area contributed by atoms with Crippen molar-refractivity contribution in [2.24, 2.45) is 0 Å². The first kappa shape index (κ1) is 22.9. The number of phenolic OH excluding ortho intramolecular Hbond substituents is 1. The Bertz CT molecular complexity index is 999. The second-order valence-corrected chi connectivity index (χ2v) is 9.81. The molecular formula is C27H34O4. The van der Waals surface area contributed by atoms with Gasteiger partial charge in [-0.15, -0.1) is 0 Å². The third-order valence-electron chi connectivity index (χ3n) is 6.39. The smallest absolute Gasteiger partial charge is 0.328 e. The van der Waals surface area contributed by atoms with E-state index in [1.165, 1.54) is 17.2 Å². The van der Waals surface area contributed by atoms with E-state index in [4.69, 9.17) is 9.84 Å². The molecule has 4 heteroatoms. The molecule has 31 heavy (non-hydrogen) atoms. The van der Waals surface area contributed by atoms with Crippen LogP contribution in [0.15, 0.2) is 36.4 Å². The highest BCUT2D eigenvalue weighted by Gasteiger charge is 2.39. The molecule has 0 spiro atoms. The Balaban J connectivity index is 2.19. The summed E-state index contributed by atoms with van der Waals surface area (Å²) in [6.07, 6.45) is 6.87. The summed E-state index contributed by atoms with van der Waals surface area (Å²) in [6.45, 7) is 11.9. The number of fused-ring (bicyclic) bond motifs is 1. The lowest BCUT2D eigenvalue weighted by Crippen LogP contribution is -2.34. The number of carboxylic acids is 1. The van der Waals surface area contributed by atoms with Gasteiger partial charge in [0.05, 0.1) is 6.61 Å². The monoisotopic (exact) mass is 422 g/mol. The molecule has 1 aliphatic carbocycles. The number of phenols is 1. The van der Waals surface area contributed by atoms with Crippen molar-refractivity contribution in [3.8, 4) is 22.6 Å². The highest BCUT2D eigenvalue weighted by atomic mass is 16.5. The van der Waals surface area contributed by atoms with E-state index in [1.54, 1.807) is 12.1 Å². The molecule has 1 aliphatic rings. The van der Waals surface area contributed by atoms with Crippen LogP contribution in [0.25, 0.3) is 17.2 Å². The summed E-state index contributed by atoms with van der Waals surface area (Å²) >= 11 is 0. The SMILES string of the molecule is CCCCOc1cc(-c2cc(/C=C/C(=O)O)ccc2O)cc2c1C(C)(C)CCC2(C)C. The van der Waals surface area contributed by atoms with Crippen molar-refractivity contribution in [3.63, 3.8) is 0 Å². The molecule has 0 amide bonds. The van der Waals surface area contributed by atoms with Gasteiger partial charge in [0.25, 0.3) is 0 Å². The van der Waals surface area contributed by atoms with E-state index in [-0.39, 0.29) is 16.6 Å². The third kappa shape index (κ3) is 4.95. The molecule has 2 aromatic rings. The Hall–Kier alpha value is -2.75. The summed E-state index contributed by atoms with van der Waals surface area (Å²) in [5.41, 5.74) is 4.83. The van der Waals surface area contributed by atoms with Crippen LogP contribution in [-0.4, -0.2) is 22.8 Å². The van der Waals surface area contributed by atoms with E-state index in [0.29, 0.717) is 12.2 Å². The van der Waals surface area contributed by atoms with Gasteiger partial charge >= 0.3 is 5.97 Å². The summed E-state index contributed by atoms with van der Waals surface area (Å²) in [6, 6.07) is 9.37. The standard InChI is InChI=1S/C27H34O4/c1-6-7-14-31-23-17-19(16-21-25(23)27(4,5)13-12-26(21,2)3)20-15-18(8-10-22(20)28)9-11-24(29)30/h8-11,15-17,28H,6-7,12-14H2,1-5H3,(H,29,30)/b11-9+. The maximum atomic E-state index is 10.9. The maximum Gasteiger partial charge on any atom is 0.328 e. The highest BCUT2D eigenvalue weighted by Crippen LogP contribution is 2.51. The van der Waals surface area contributed by atoms with Crippen molar-refractivity contribution in [2.45, 2.75) is 71.1 Å². The Morgan fingerprint density at radius 3 is 2.48 bits per heavy atom. The molecule has 0 atom stereocenters. The Kier molecular flexibility index (Phi) is 6.49. The number of carbonyl (C=O) groups is 1. The lowest BCUT2D eigenvalue weighted by atomic mass is 9.62. The molecule has 0 fully saturated rings. The van der Waals surface area contributed by atoms with Crippen molar-refractivity contribution >= 4 is 12.0 Å². The minimum atomic E-state index is -1.00. The second-order valence-electron chi connectivity index (χ2n) is 9.81. The Morgan fingerprint density at radius 1 is 1.10 bits per heavy atom. The predicted octanol–water partition coefficient (Wildman–Crippen LogP) is 6.68. The van der Waals surface area contributed by atoms with Crippen molar-refractivity contribution in [1.82, 2.24) is 0 Å². The molecule has 2 N–H and O–H groups in total. The van der Waals surface area contributed by atoms with Gasteiger partial charge in [0.1, 0.15) is 11.5 Å².